The molecule has 8 heteroatoms. The Morgan fingerprint density at radius 1 is 0.875 bits per heavy atom. The number of carbonyl (C=O) groups is 1. The Kier molecular flexibility index (Phi) is 5.85. The van der Waals surface area contributed by atoms with Crippen molar-refractivity contribution in [2.75, 3.05) is 19.5 Å². The van der Waals surface area contributed by atoms with Crippen LogP contribution < -0.4 is 14.8 Å². The summed E-state index contributed by atoms with van der Waals surface area (Å²) in [7, 11) is 3.08. The Hall–Kier alpha value is -4.20. The SMILES string of the molecule is COc1ccc(-c2cc(C(=O)Nc3ccc(F)cc3)n(-c3ccc(F)cc3)n2)c(OC)c1. The lowest BCUT2D eigenvalue weighted by atomic mass is 10.1. The zero-order valence-corrected chi connectivity index (χ0v) is 17.3. The molecule has 6 nitrogen and oxygen atoms in total. The van der Waals surface area contributed by atoms with Crippen LogP contribution >= 0.6 is 0 Å². The molecule has 0 aliphatic heterocycles. The zero-order chi connectivity index (χ0) is 22.7. The van der Waals surface area contributed by atoms with Crippen LogP contribution in [0.2, 0.25) is 0 Å². The van der Waals surface area contributed by atoms with Crippen molar-refractivity contribution in [3.63, 3.8) is 0 Å². The normalized spacial score (nSPS) is 10.6. The molecular weight excluding hydrogens is 416 g/mol. The molecule has 1 amide bonds. The van der Waals surface area contributed by atoms with Crippen LogP contribution in [0.15, 0.2) is 72.8 Å². The molecule has 0 spiro atoms. The van der Waals surface area contributed by atoms with Crippen LogP contribution in [0.5, 0.6) is 11.5 Å². The first-order valence-corrected chi connectivity index (χ1v) is 9.64. The summed E-state index contributed by atoms with van der Waals surface area (Å²) in [5.41, 5.74) is 2.23. The molecule has 3 aromatic carbocycles. The number of halogens is 2. The Balaban J connectivity index is 1.79. The Morgan fingerprint density at radius 2 is 1.53 bits per heavy atom. The van der Waals surface area contributed by atoms with Crippen molar-refractivity contribution < 1.29 is 23.0 Å². The quantitative estimate of drug-likeness (QED) is 0.458. The number of hydrogen-bond donors (Lipinski definition) is 1. The molecule has 1 aromatic heterocycles. The molecule has 162 valence electrons. The van der Waals surface area contributed by atoms with Crippen molar-refractivity contribution in [1.29, 1.82) is 0 Å². The highest BCUT2D eigenvalue weighted by Crippen LogP contribution is 2.33. The number of anilines is 1. The summed E-state index contributed by atoms with van der Waals surface area (Å²) in [6.07, 6.45) is 0. The van der Waals surface area contributed by atoms with E-state index in [1.54, 1.807) is 31.4 Å². The van der Waals surface area contributed by atoms with E-state index in [1.165, 1.54) is 60.3 Å². The fraction of sp³-hybridized carbons (Fsp3) is 0.0833. The smallest absolute Gasteiger partial charge is 0.274 e. The van der Waals surface area contributed by atoms with Gasteiger partial charge in [-0.15, -0.1) is 0 Å². The summed E-state index contributed by atoms with van der Waals surface area (Å²) in [6, 6.07) is 17.9. The van der Waals surface area contributed by atoms with Gasteiger partial charge in [-0.2, -0.15) is 5.10 Å². The van der Waals surface area contributed by atoms with Gasteiger partial charge in [0.2, 0.25) is 0 Å². The lowest BCUT2D eigenvalue weighted by molar-refractivity contribution is 0.101. The van der Waals surface area contributed by atoms with Gasteiger partial charge >= 0.3 is 0 Å². The Bertz CT molecular complexity index is 1250. The third kappa shape index (κ3) is 4.29. The fourth-order valence-electron chi connectivity index (χ4n) is 3.19. The summed E-state index contributed by atoms with van der Waals surface area (Å²) in [5, 5.41) is 7.30. The number of ether oxygens (including phenoxy) is 2. The van der Waals surface area contributed by atoms with Crippen LogP contribution in [0.4, 0.5) is 14.5 Å². The molecule has 32 heavy (non-hydrogen) atoms. The van der Waals surface area contributed by atoms with E-state index in [1.807, 2.05) is 0 Å². The monoisotopic (exact) mass is 435 g/mol. The van der Waals surface area contributed by atoms with E-state index in [0.717, 1.165) is 0 Å². The van der Waals surface area contributed by atoms with Gasteiger partial charge in [0.25, 0.3) is 5.91 Å². The van der Waals surface area contributed by atoms with Gasteiger partial charge in [-0.05, 0) is 66.7 Å². The van der Waals surface area contributed by atoms with E-state index in [0.29, 0.717) is 34.1 Å². The summed E-state index contributed by atoms with van der Waals surface area (Å²) in [4.78, 5) is 13.1. The average molecular weight is 435 g/mol. The van der Waals surface area contributed by atoms with E-state index in [4.69, 9.17) is 9.47 Å². The molecule has 0 atom stereocenters. The topological polar surface area (TPSA) is 65.4 Å². The van der Waals surface area contributed by atoms with Crippen molar-refractivity contribution in [2.24, 2.45) is 0 Å². The van der Waals surface area contributed by atoms with E-state index in [-0.39, 0.29) is 5.69 Å². The minimum Gasteiger partial charge on any atom is -0.497 e. The fourth-order valence-corrected chi connectivity index (χ4v) is 3.19. The molecule has 0 fully saturated rings. The highest BCUT2D eigenvalue weighted by atomic mass is 19.1. The molecule has 0 saturated heterocycles. The van der Waals surface area contributed by atoms with Crippen LogP contribution in [0.25, 0.3) is 16.9 Å². The minimum atomic E-state index is -0.466. The average Bonchev–Trinajstić information content (AvgIpc) is 3.26. The molecule has 0 saturated carbocycles. The highest BCUT2D eigenvalue weighted by molar-refractivity contribution is 6.04. The molecule has 0 unspecified atom stereocenters. The first kappa shape index (κ1) is 21.0. The third-order valence-corrected chi connectivity index (χ3v) is 4.80. The van der Waals surface area contributed by atoms with E-state index >= 15 is 0 Å². The molecule has 0 bridgehead atoms. The van der Waals surface area contributed by atoms with Crippen LogP contribution in [-0.2, 0) is 0 Å². The third-order valence-electron chi connectivity index (χ3n) is 4.80. The Morgan fingerprint density at radius 3 is 2.16 bits per heavy atom. The molecular formula is C24H19F2N3O3. The van der Waals surface area contributed by atoms with E-state index < -0.39 is 17.5 Å². The van der Waals surface area contributed by atoms with Crippen LogP contribution in [0, 0.1) is 11.6 Å². The van der Waals surface area contributed by atoms with E-state index in [9.17, 15) is 13.6 Å². The molecule has 1 heterocycles. The highest BCUT2D eigenvalue weighted by Gasteiger charge is 2.20. The van der Waals surface area contributed by atoms with Gasteiger partial charge < -0.3 is 14.8 Å². The summed E-state index contributed by atoms with van der Waals surface area (Å²) >= 11 is 0. The number of benzene rings is 3. The standard InChI is InChI=1S/C24H19F2N3O3/c1-31-19-11-12-20(23(13-19)32-2)21-14-22(24(30)27-17-7-3-15(25)4-8-17)29(28-21)18-9-5-16(26)6-10-18/h3-14H,1-2H3,(H,27,30). The predicted molar refractivity (Wildman–Crippen MR) is 116 cm³/mol. The number of aromatic nitrogens is 2. The van der Waals surface area contributed by atoms with Gasteiger partial charge in [-0.3, -0.25) is 4.79 Å². The van der Waals surface area contributed by atoms with Crippen molar-refractivity contribution in [3.05, 3.63) is 90.1 Å². The second-order valence-electron chi connectivity index (χ2n) is 6.83. The number of hydrogen-bond acceptors (Lipinski definition) is 4. The van der Waals surface area contributed by atoms with Gasteiger partial charge in [0.1, 0.15) is 28.8 Å². The number of rotatable bonds is 6. The predicted octanol–water partition coefficient (Wildman–Crippen LogP) is 5.09. The Labute approximate surface area is 183 Å². The molecule has 0 aliphatic rings. The summed E-state index contributed by atoms with van der Waals surface area (Å²) < 4.78 is 38.8. The molecule has 0 radical (unpaired) electrons. The molecule has 1 N–H and O–H groups in total. The van der Waals surface area contributed by atoms with Crippen molar-refractivity contribution in [2.45, 2.75) is 0 Å². The van der Waals surface area contributed by atoms with Crippen LogP contribution in [-0.4, -0.2) is 29.9 Å². The lowest BCUT2D eigenvalue weighted by Crippen LogP contribution is -2.17. The second-order valence-corrected chi connectivity index (χ2v) is 6.83. The first-order chi connectivity index (χ1) is 15.5. The maximum atomic E-state index is 13.5. The number of nitrogens with one attached hydrogen (secondary N) is 1. The number of carbonyl (C=O) groups excluding carboxylic acids is 1. The van der Waals surface area contributed by atoms with Gasteiger partial charge in [-0.25, -0.2) is 13.5 Å². The summed E-state index contributed by atoms with van der Waals surface area (Å²) in [5.74, 6) is -0.160. The molecule has 4 aromatic rings. The maximum Gasteiger partial charge on any atom is 0.274 e. The van der Waals surface area contributed by atoms with Crippen molar-refractivity contribution >= 4 is 11.6 Å². The number of methoxy groups -OCH3 is 2. The number of amides is 1. The van der Waals surface area contributed by atoms with Crippen molar-refractivity contribution in [1.82, 2.24) is 9.78 Å². The zero-order valence-electron chi connectivity index (χ0n) is 17.3. The van der Waals surface area contributed by atoms with E-state index in [2.05, 4.69) is 10.4 Å². The van der Waals surface area contributed by atoms with Gasteiger partial charge in [0, 0.05) is 17.3 Å². The van der Waals surface area contributed by atoms with Gasteiger partial charge in [0.15, 0.2) is 0 Å². The molecule has 4 rings (SSSR count). The van der Waals surface area contributed by atoms with Crippen LogP contribution in [0.1, 0.15) is 10.5 Å². The minimum absolute atomic E-state index is 0.203. The second kappa shape index (κ2) is 8.89. The van der Waals surface area contributed by atoms with Gasteiger partial charge in [-0.1, -0.05) is 0 Å². The lowest BCUT2D eigenvalue weighted by Gasteiger charge is -2.09. The van der Waals surface area contributed by atoms with Crippen LogP contribution in [0.3, 0.4) is 0 Å². The first-order valence-electron chi connectivity index (χ1n) is 9.64. The molecule has 0 aliphatic carbocycles. The largest absolute Gasteiger partial charge is 0.497 e. The maximum absolute atomic E-state index is 13.5. The summed E-state index contributed by atoms with van der Waals surface area (Å²) in [6.45, 7) is 0. The van der Waals surface area contributed by atoms with Gasteiger partial charge in [0.05, 0.1) is 25.6 Å². The number of nitrogens with zero attached hydrogens (tertiary/aromatic N) is 2. The van der Waals surface area contributed by atoms with Crippen molar-refractivity contribution in [3.8, 4) is 28.4 Å².